The summed E-state index contributed by atoms with van der Waals surface area (Å²) in [5, 5.41) is 10.3. The van der Waals surface area contributed by atoms with E-state index in [1.54, 1.807) is 0 Å². The highest BCUT2D eigenvalue weighted by Gasteiger charge is 2.16. The number of rotatable bonds is 8. The Kier molecular flexibility index (Phi) is 6.82. The van der Waals surface area contributed by atoms with Crippen LogP contribution >= 0.6 is 0 Å². The molecule has 114 valence electrons. The van der Waals surface area contributed by atoms with Crippen molar-refractivity contribution in [2.75, 3.05) is 33.8 Å². The van der Waals surface area contributed by atoms with Crippen molar-refractivity contribution < 1.29 is 9.84 Å². The number of para-hydroxylation sites is 1. The van der Waals surface area contributed by atoms with Crippen LogP contribution in [0.4, 0.5) is 0 Å². The summed E-state index contributed by atoms with van der Waals surface area (Å²) in [5.41, 5.74) is 0.920. The van der Waals surface area contributed by atoms with Gasteiger partial charge in [-0.2, -0.15) is 0 Å². The SMILES string of the molecule is CCOc1cccc(CN(CC)C(C)CN(C)C)c1O. The minimum absolute atomic E-state index is 0.268. The Hall–Kier alpha value is -1.26. The molecular formula is C16H28N2O2. The molecule has 20 heavy (non-hydrogen) atoms. The van der Waals surface area contributed by atoms with E-state index >= 15 is 0 Å². The second-order valence-corrected chi connectivity index (χ2v) is 5.37. The second-order valence-electron chi connectivity index (χ2n) is 5.37. The first-order chi connectivity index (χ1) is 9.49. The molecule has 1 aromatic carbocycles. The summed E-state index contributed by atoms with van der Waals surface area (Å²) in [4.78, 5) is 4.54. The van der Waals surface area contributed by atoms with Crippen LogP contribution in [0.25, 0.3) is 0 Å². The van der Waals surface area contributed by atoms with Crippen molar-refractivity contribution in [2.45, 2.75) is 33.4 Å². The van der Waals surface area contributed by atoms with Crippen molar-refractivity contribution in [3.63, 3.8) is 0 Å². The van der Waals surface area contributed by atoms with Crippen LogP contribution in [0.3, 0.4) is 0 Å². The van der Waals surface area contributed by atoms with Crippen LogP contribution in [-0.4, -0.2) is 54.7 Å². The quantitative estimate of drug-likeness (QED) is 0.794. The van der Waals surface area contributed by atoms with Crippen LogP contribution in [0, 0.1) is 0 Å². The third-order valence-electron chi connectivity index (χ3n) is 3.41. The molecule has 0 amide bonds. The normalized spacial score (nSPS) is 12.9. The largest absolute Gasteiger partial charge is 0.504 e. The fourth-order valence-corrected chi connectivity index (χ4v) is 2.41. The number of nitrogens with zero attached hydrogens (tertiary/aromatic N) is 2. The Bertz CT molecular complexity index is 407. The maximum Gasteiger partial charge on any atom is 0.162 e. The molecule has 0 saturated carbocycles. The van der Waals surface area contributed by atoms with Gasteiger partial charge >= 0.3 is 0 Å². The summed E-state index contributed by atoms with van der Waals surface area (Å²) in [6.45, 7) is 9.53. The van der Waals surface area contributed by atoms with Gasteiger partial charge in [0.2, 0.25) is 0 Å². The zero-order valence-electron chi connectivity index (χ0n) is 13.4. The lowest BCUT2D eigenvalue weighted by atomic mass is 10.1. The maximum absolute atomic E-state index is 10.3. The van der Waals surface area contributed by atoms with Crippen molar-refractivity contribution in [1.82, 2.24) is 9.80 Å². The molecule has 4 nitrogen and oxygen atoms in total. The molecule has 0 radical (unpaired) electrons. The van der Waals surface area contributed by atoms with E-state index < -0.39 is 0 Å². The molecule has 0 aliphatic heterocycles. The van der Waals surface area contributed by atoms with Gasteiger partial charge in [0.05, 0.1) is 6.61 Å². The zero-order valence-corrected chi connectivity index (χ0v) is 13.4. The molecule has 0 bridgehead atoms. The summed E-state index contributed by atoms with van der Waals surface area (Å²) < 4.78 is 5.44. The van der Waals surface area contributed by atoms with Gasteiger partial charge in [0.15, 0.2) is 11.5 Å². The second kappa shape index (κ2) is 8.12. The van der Waals surface area contributed by atoms with E-state index in [1.807, 2.05) is 25.1 Å². The monoisotopic (exact) mass is 280 g/mol. The van der Waals surface area contributed by atoms with Gasteiger partial charge in [0.25, 0.3) is 0 Å². The Morgan fingerprint density at radius 1 is 1.25 bits per heavy atom. The third-order valence-corrected chi connectivity index (χ3v) is 3.41. The van der Waals surface area contributed by atoms with E-state index in [9.17, 15) is 5.11 Å². The molecule has 1 atom stereocenters. The number of benzene rings is 1. The lowest BCUT2D eigenvalue weighted by molar-refractivity contribution is 0.172. The number of hydrogen-bond donors (Lipinski definition) is 1. The number of phenolic OH excluding ortho intramolecular Hbond substituents is 1. The minimum Gasteiger partial charge on any atom is -0.504 e. The Morgan fingerprint density at radius 2 is 1.95 bits per heavy atom. The molecule has 0 saturated heterocycles. The Morgan fingerprint density at radius 3 is 2.50 bits per heavy atom. The summed E-state index contributed by atoms with van der Waals surface area (Å²) >= 11 is 0. The molecule has 0 aliphatic carbocycles. The highest BCUT2D eigenvalue weighted by Crippen LogP contribution is 2.30. The Labute approximate surface area is 123 Å². The number of phenols is 1. The van der Waals surface area contributed by atoms with E-state index in [-0.39, 0.29) is 5.75 Å². The molecule has 1 unspecified atom stereocenters. The first-order valence-electron chi connectivity index (χ1n) is 7.32. The molecule has 0 spiro atoms. The summed E-state index contributed by atoms with van der Waals surface area (Å²) in [6.07, 6.45) is 0. The van der Waals surface area contributed by atoms with Crippen LogP contribution in [-0.2, 0) is 6.54 Å². The van der Waals surface area contributed by atoms with Gasteiger partial charge in [-0.15, -0.1) is 0 Å². The van der Waals surface area contributed by atoms with E-state index in [2.05, 4.69) is 37.7 Å². The zero-order chi connectivity index (χ0) is 15.1. The summed E-state index contributed by atoms with van der Waals surface area (Å²) in [7, 11) is 4.16. The molecule has 0 heterocycles. The van der Waals surface area contributed by atoms with Crippen molar-refractivity contribution in [3.8, 4) is 11.5 Å². The molecular weight excluding hydrogens is 252 g/mol. The van der Waals surface area contributed by atoms with Gasteiger partial charge in [-0.25, -0.2) is 0 Å². The number of ether oxygens (including phenoxy) is 1. The predicted molar refractivity (Wildman–Crippen MR) is 83.4 cm³/mol. The van der Waals surface area contributed by atoms with Crippen LogP contribution in [0.2, 0.25) is 0 Å². The van der Waals surface area contributed by atoms with Gasteiger partial charge in [-0.3, -0.25) is 4.90 Å². The van der Waals surface area contributed by atoms with Crippen molar-refractivity contribution >= 4 is 0 Å². The maximum atomic E-state index is 10.3. The smallest absolute Gasteiger partial charge is 0.162 e. The summed E-state index contributed by atoms with van der Waals surface area (Å²) in [6, 6.07) is 6.14. The lowest BCUT2D eigenvalue weighted by Crippen LogP contribution is -2.39. The topological polar surface area (TPSA) is 35.9 Å². The van der Waals surface area contributed by atoms with E-state index in [0.717, 1.165) is 25.2 Å². The Balaban J connectivity index is 2.82. The number of hydrogen-bond acceptors (Lipinski definition) is 4. The van der Waals surface area contributed by atoms with Gasteiger partial charge in [0, 0.05) is 24.7 Å². The van der Waals surface area contributed by atoms with Crippen molar-refractivity contribution in [1.29, 1.82) is 0 Å². The third kappa shape index (κ3) is 4.69. The van der Waals surface area contributed by atoms with Gasteiger partial charge in [-0.05, 0) is 40.6 Å². The molecule has 0 fully saturated rings. The molecule has 4 heteroatoms. The van der Waals surface area contributed by atoms with Crippen LogP contribution in [0.15, 0.2) is 18.2 Å². The molecule has 0 aromatic heterocycles. The number of likely N-dealkylation sites (N-methyl/N-ethyl adjacent to an activating group) is 2. The molecule has 1 aromatic rings. The molecule has 1 rings (SSSR count). The highest BCUT2D eigenvalue weighted by molar-refractivity contribution is 5.45. The standard InChI is InChI=1S/C16H28N2O2/c1-6-18(13(3)11-17(4)5)12-14-9-8-10-15(16(14)19)20-7-2/h8-10,13,19H,6-7,11-12H2,1-5H3. The van der Waals surface area contributed by atoms with E-state index in [0.29, 0.717) is 18.4 Å². The van der Waals surface area contributed by atoms with Gasteiger partial charge in [-0.1, -0.05) is 19.1 Å². The molecule has 0 aliphatic rings. The van der Waals surface area contributed by atoms with Crippen LogP contribution in [0.5, 0.6) is 11.5 Å². The average Bonchev–Trinajstić information content (AvgIpc) is 2.39. The first kappa shape index (κ1) is 16.8. The van der Waals surface area contributed by atoms with Crippen LogP contribution < -0.4 is 4.74 Å². The van der Waals surface area contributed by atoms with Gasteiger partial charge in [0.1, 0.15) is 0 Å². The fraction of sp³-hybridized carbons (Fsp3) is 0.625. The average molecular weight is 280 g/mol. The van der Waals surface area contributed by atoms with E-state index in [1.165, 1.54) is 0 Å². The first-order valence-corrected chi connectivity index (χ1v) is 7.32. The predicted octanol–water partition coefficient (Wildman–Crippen LogP) is 2.56. The van der Waals surface area contributed by atoms with Crippen molar-refractivity contribution in [2.24, 2.45) is 0 Å². The van der Waals surface area contributed by atoms with E-state index in [4.69, 9.17) is 4.74 Å². The minimum atomic E-state index is 0.268. The van der Waals surface area contributed by atoms with Gasteiger partial charge < -0.3 is 14.7 Å². The summed E-state index contributed by atoms with van der Waals surface area (Å²) in [5.74, 6) is 0.839. The molecule has 1 N–H and O–H groups in total. The number of aromatic hydroxyl groups is 1. The lowest BCUT2D eigenvalue weighted by Gasteiger charge is -2.30. The fourth-order valence-electron chi connectivity index (χ4n) is 2.41. The highest BCUT2D eigenvalue weighted by atomic mass is 16.5. The van der Waals surface area contributed by atoms with Crippen LogP contribution in [0.1, 0.15) is 26.3 Å². The van der Waals surface area contributed by atoms with Crippen molar-refractivity contribution in [3.05, 3.63) is 23.8 Å².